The molecule has 0 aliphatic rings. The fraction of sp³-hybridized carbons (Fsp3) is 0.308. The van der Waals surface area contributed by atoms with Crippen LogP contribution in [-0.2, 0) is 0 Å². The summed E-state index contributed by atoms with van der Waals surface area (Å²) < 4.78 is 6.98. The lowest BCUT2D eigenvalue weighted by Gasteiger charge is -2.40. The van der Waals surface area contributed by atoms with E-state index in [1.807, 2.05) is 0 Å². The zero-order valence-corrected chi connectivity index (χ0v) is 18.8. The van der Waals surface area contributed by atoms with Crippen molar-refractivity contribution in [2.45, 2.75) is 51.9 Å². The molecule has 0 saturated heterocycles. The maximum absolute atomic E-state index is 6.98. The van der Waals surface area contributed by atoms with Crippen molar-refractivity contribution in [2.24, 2.45) is 0 Å². The van der Waals surface area contributed by atoms with E-state index in [-0.39, 0.29) is 10.3 Å². The Morgan fingerprint density at radius 2 is 0.929 bits per heavy atom. The molecule has 28 heavy (non-hydrogen) atoms. The molecule has 3 rings (SSSR count). The average molecular weight is 391 g/mol. The van der Waals surface area contributed by atoms with Crippen molar-refractivity contribution in [1.82, 2.24) is 0 Å². The van der Waals surface area contributed by atoms with E-state index in [1.165, 1.54) is 11.1 Å². The molecule has 146 valence electrons. The number of hydrogen-bond donors (Lipinski definition) is 0. The van der Waals surface area contributed by atoms with Gasteiger partial charge in [0.05, 0.1) is 8.15 Å². The molecule has 0 radical (unpaired) electrons. The molecule has 0 bridgehead atoms. The zero-order chi connectivity index (χ0) is 20.4. The SMILES string of the molecule is CC(C)(C)P(Oc1c(-c2ccccc2)cccc1-c1ccccc1)C(C)(C)C. The molecule has 0 fully saturated rings. The van der Waals surface area contributed by atoms with Crippen LogP contribution in [0, 0.1) is 0 Å². The summed E-state index contributed by atoms with van der Waals surface area (Å²) in [6, 6.07) is 27.6. The number of rotatable bonds is 4. The molecule has 3 aromatic carbocycles. The summed E-state index contributed by atoms with van der Waals surface area (Å²) in [4.78, 5) is 0. The standard InChI is InChI=1S/C26H31OP/c1-25(2,3)28(26(4,5)6)27-24-22(20-14-9-7-10-15-20)18-13-19-23(24)21-16-11-8-12-17-21/h7-19H,1-6H3. The normalized spacial score (nSPS) is 12.2. The molecule has 0 atom stereocenters. The molecule has 0 N–H and O–H groups in total. The van der Waals surface area contributed by atoms with E-state index in [0.29, 0.717) is 0 Å². The quantitative estimate of drug-likeness (QED) is 0.406. The highest BCUT2D eigenvalue weighted by Crippen LogP contribution is 2.61. The van der Waals surface area contributed by atoms with Crippen LogP contribution in [0.1, 0.15) is 41.5 Å². The maximum Gasteiger partial charge on any atom is 0.138 e. The van der Waals surface area contributed by atoms with Crippen molar-refractivity contribution in [2.75, 3.05) is 0 Å². The monoisotopic (exact) mass is 390 g/mol. The van der Waals surface area contributed by atoms with Gasteiger partial charge in [0.1, 0.15) is 5.75 Å². The average Bonchev–Trinajstić information content (AvgIpc) is 2.65. The molecule has 0 amide bonds. The van der Waals surface area contributed by atoms with Gasteiger partial charge in [0.2, 0.25) is 0 Å². The van der Waals surface area contributed by atoms with Crippen molar-refractivity contribution < 1.29 is 4.52 Å². The number of para-hydroxylation sites is 1. The lowest BCUT2D eigenvalue weighted by atomic mass is 9.97. The Kier molecular flexibility index (Phi) is 5.96. The highest BCUT2D eigenvalue weighted by atomic mass is 31.1. The molecule has 2 heteroatoms. The maximum atomic E-state index is 6.98. The fourth-order valence-electron chi connectivity index (χ4n) is 3.70. The largest absolute Gasteiger partial charge is 0.472 e. The van der Waals surface area contributed by atoms with E-state index in [4.69, 9.17) is 4.52 Å². The zero-order valence-electron chi connectivity index (χ0n) is 17.9. The van der Waals surface area contributed by atoms with E-state index in [1.54, 1.807) is 0 Å². The van der Waals surface area contributed by atoms with Crippen LogP contribution in [0.2, 0.25) is 0 Å². The van der Waals surface area contributed by atoms with E-state index in [2.05, 4.69) is 120 Å². The van der Waals surface area contributed by atoms with Gasteiger partial charge in [0.25, 0.3) is 0 Å². The topological polar surface area (TPSA) is 9.23 Å². The molecular weight excluding hydrogens is 359 g/mol. The van der Waals surface area contributed by atoms with Gasteiger partial charge in [0, 0.05) is 21.4 Å². The van der Waals surface area contributed by atoms with Gasteiger partial charge in [0.15, 0.2) is 0 Å². The third kappa shape index (κ3) is 4.65. The molecule has 3 aromatic rings. The second-order valence-corrected chi connectivity index (χ2v) is 12.6. The lowest BCUT2D eigenvalue weighted by Crippen LogP contribution is -2.27. The Labute approximate surface area is 171 Å². The molecule has 0 saturated carbocycles. The second-order valence-electron chi connectivity index (χ2n) is 9.14. The molecule has 0 spiro atoms. The van der Waals surface area contributed by atoms with Crippen LogP contribution in [0.4, 0.5) is 0 Å². The van der Waals surface area contributed by atoms with E-state index < -0.39 is 8.15 Å². The summed E-state index contributed by atoms with van der Waals surface area (Å²) in [5.41, 5.74) is 4.69. The molecule has 0 heterocycles. The molecule has 0 aliphatic carbocycles. The Bertz CT molecular complexity index is 831. The minimum Gasteiger partial charge on any atom is -0.472 e. The first-order chi connectivity index (χ1) is 13.2. The van der Waals surface area contributed by atoms with E-state index in [9.17, 15) is 0 Å². The van der Waals surface area contributed by atoms with E-state index >= 15 is 0 Å². The highest BCUT2D eigenvalue weighted by Gasteiger charge is 2.38. The van der Waals surface area contributed by atoms with Gasteiger partial charge in [-0.25, -0.2) is 0 Å². The van der Waals surface area contributed by atoms with Crippen molar-refractivity contribution >= 4 is 8.15 Å². The predicted molar refractivity (Wildman–Crippen MR) is 124 cm³/mol. The minimum absolute atomic E-state index is 0.0747. The molecule has 0 unspecified atom stereocenters. The van der Waals surface area contributed by atoms with Gasteiger partial charge < -0.3 is 4.52 Å². The summed E-state index contributed by atoms with van der Waals surface area (Å²) in [6.45, 7) is 13.7. The van der Waals surface area contributed by atoms with Crippen molar-refractivity contribution in [3.05, 3.63) is 78.9 Å². The van der Waals surface area contributed by atoms with E-state index in [0.717, 1.165) is 16.9 Å². The van der Waals surface area contributed by atoms with Crippen LogP contribution in [0.15, 0.2) is 78.9 Å². The summed E-state index contributed by atoms with van der Waals surface area (Å²) in [7, 11) is -0.732. The number of benzene rings is 3. The van der Waals surface area contributed by atoms with Crippen molar-refractivity contribution in [3.63, 3.8) is 0 Å². The Morgan fingerprint density at radius 3 is 1.29 bits per heavy atom. The third-order valence-corrected chi connectivity index (χ3v) is 7.39. The summed E-state index contributed by atoms with van der Waals surface area (Å²) in [6.07, 6.45) is 0. The summed E-state index contributed by atoms with van der Waals surface area (Å²) in [5, 5.41) is 0.149. The lowest BCUT2D eigenvalue weighted by molar-refractivity contribution is 0.536. The van der Waals surface area contributed by atoms with Crippen LogP contribution in [0.25, 0.3) is 22.3 Å². The highest BCUT2D eigenvalue weighted by molar-refractivity contribution is 7.56. The van der Waals surface area contributed by atoms with Crippen LogP contribution < -0.4 is 4.52 Å². The molecular formula is C26H31OP. The number of hydrogen-bond acceptors (Lipinski definition) is 1. The first-order valence-corrected chi connectivity index (χ1v) is 11.2. The smallest absolute Gasteiger partial charge is 0.138 e. The molecule has 1 nitrogen and oxygen atoms in total. The van der Waals surface area contributed by atoms with Crippen molar-refractivity contribution in [3.8, 4) is 28.0 Å². The summed E-state index contributed by atoms with van der Waals surface area (Å²) >= 11 is 0. The predicted octanol–water partition coefficient (Wildman–Crippen LogP) is 8.39. The fourth-order valence-corrected chi connectivity index (χ4v) is 6.64. The second kappa shape index (κ2) is 8.10. The Balaban J connectivity index is 2.21. The van der Waals surface area contributed by atoms with Gasteiger partial charge in [-0.3, -0.25) is 0 Å². The Morgan fingerprint density at radius 1 is 0.536 bits per heavy atom. The molecule has 0 aromatic heterocycles. The van der Waals surface area contributed by atoms with Crippen LogP contribution >= 0.6 is 8.15 Å². The van der Waals surface area contributed by atoms with Gasteiger partial charge >= 0.3 is 0 Å². The van der Waals surface area contributed by atoms with Gasteiger partial charge in [-0.15, -0.1) is 0 Å². The Hall–Kier alpha value is -2.11. The van der Waals surface area contributed by atoms with Crippen LogP contribution in [0.3, 0.4) is 0 Å². The van der Waals surface area contributed by atoms with Gasteiger partial charge in [-0.05, 0) is 11.1 Å². The summed E-state index contributed by atoms with van der Waals surface area (Å²) in [5.74, 6) is 0.996. The van der Waals surface area contributed by atoms with Crippen LogP contribution in [-0.4, -0.2) is 10.3 Å². The van der Waals surface area contributed by atoms with Gasteiger partial charge in [-0.1, -0.05) is 120 Å². The first-order valence-electron chi connectivity index (χ1n) is 9.90. The minimum atomic E-state index is -0.732. The molecule has 0 aliphatic heterocycles. The van der Waals surface area contributed by atoms with Crippen LogP contribution in [0.5, 0.6) is 5.75 Å². The third-order valence-electron chi connectivity index (χ3n) is 4.59. The van der Waals surface area contributed by atoms with Gasteiger partial charge in [-0.2, -0.15) is 0 Å². The van der Waals surface area contributed by atoms with Crippen molar-refractivity contribution in [1.29, 1.82) is 0 Å². The first kappa shape index (κ1) is 20.6.